The summed E-state index contributed by atoms with van der Waals surface area (Å²) < 4.78 is 5.45. The monoisotopic (exact) mass is 286 g/mol. The van der Waals surface area contributed by atoms with Crippen LogP contribution in [0.2, 0.25) is 0 Å². The Bertz CT molecular complexity index is 574. The van der Waals surface area contributed by atoms with E-state index >= 15 is 0 Å². The minimum Gasteiger partial charge on any atom is -0.481 e. The number of esters is 1. The Morgan fingerprint density at radius 3 is 2.43 bits per heavy atom. The predicted octanol–water partition coefficient (Wildman–Crippen LogP) is 2.61. The SMILES string of the molecule is CC(C(=O)O)C(=O)OC1(C#Cc2ccccc2)CCCC1. The van der Waals surface area contributed by atoms with Gasteiger partial charge in [0.25, 0.3) is 0 Å². The van der Waals surface area contributed by atoms with Crippen LogP contribution in [0.1, 0.15) is 38.2 Å². The van der Waals surface area contributed by atoms with Crippen LogP contribution in [-0.4, -0.2) is 22.6 Å². The van der Waals surface area contributed by atoms with Crippen molar-refractivity contribution in [3.05, 3.63) is 35.9 Å². The topological polar surface area (TPSA) is 63.6 Å². The van der Waals surface area contributed by atoms with Gasteiger partial charge >= 0.3 is 11.9 Å². The van der Waals surface area contributed by atoms with Gasteiger partial charge in [-0.3, -0.25) is 9.59 Å². The number of carbonyl (C=O) groups is 2. The van der Waals surface area contributed by atoms with Crippen molar-refractivity contribution in [2.45, 2.75) is 38.2 Å². The Kier molecular flexibility index (Phi) is 4.64. The van der Waals surface area contributed by atoms with Gasteiger partial charge in [-0.25, -0.2) is 0 Å². The molecule has 0 amide bonds. The maximum Gasteiger partial charge on any atom is 0.321 e. The van der Waals surface area contributed by atoms with Crippen molar-refractivity contribution in [3.8, 4) is 11.8 Å². The number of benzene rings is 1. The van der Waals surface area contributed by atoms with E-state index in [1.807, 2.05) is 30.3 Å². The highest BCUT2D eigenvalue weighted by atomic mass is 16.6. The van der Waals surface area contributed by atoms with Gasteiger partial charge in [0.1, 0.15) is 0 Å². The van der Waals surface area contributed by atoms with Crippen LogP contribution >= 0.6 is 0 Å². The highest BCUT2D eigenvalue weighted by Crippen LogP contribution is 2.33. The van der Waals surface area contributed by atoms with Gasteiger partial charge in [-0.1, -0.05) is 24.1 Å². The first-order valence-electron chi connectivity index (χ1n) is 7.06. The molecule has 4 heteroatoms. The lowest BCUT2D eigenvalue weighted by molar-refractivity contribution is -0.165. The van der Waals surface area contributed by atoms with E-state index in [1.165, 1.54) is 6.92 Å². The van der Waals surface area contributed by atoms with Crippen LogP contribution in [0, 0.1) is 17.8 Å². The Labute approximate surface area is 124 Å². The molecule has 0 aromatic heterocycles. The summed E-state index contributed by atoms with van der Waals surface area (Å²) in [5.74, 6) is 3.02. The fourth-order valence-corrected chi connectivity index (χ4v) is 2.29. The molecular formula is C17H18O4. The van der Waals surface area contributed by atoms with Crippen molar-refractivity contribution in [2.24, 2.45) is 5.92 Å². The molecule has 1 aromatic rings. The molecule has 110 valence electrons. The van der Waals surface area contributed by atoms with Crippen LogP contribution < -0.4 is 0 Å². The Morgan fingerprint density at radius 2 is 1.86 bits per heavy atom. The van der Waals surface area contributed by atoms with E-state index in [-0.39, 0.29) is 0 Å². The molecule has 1 atom stereocenters. The highest BCUT2D eigenvalue weighted by Gasteiger charge is 2.38. The molecule has 0 bridgehead atoms. The summed E-state index contributed by atoms with van der Waals surface area (Å²) in [5, 5.41) is 8.88. The van der Waals surface area contributed by atoms with Crippen LogP contribution in [0.3, 0.4) is 0 Å². The van der Waals surface area contributed by atoms with Gasteiger partial charge < -0.3 is 9.84 Å². The molecule has 0 saturated heterocycles. The summed E-state index contributed by atoms with van der Waals surface area (Å²) in [5.41, 5.74) is 0.0162. The van der Waals surface area contributed by atoms with Gasteiger partial charge in [-0.15, -0.1) is 0 Å². The summed E-state index contributed by atoms with van der Waals surface area (Å²) in [6, 6.07) is 9.47. The van der Waals surface area contributed by atoms with Crippen molar-refractivity contribution in [2.75, 3.05) is 0 Å². The van der Waals surface area contributed by atoms with E-state index in [9.17, 15) is 9.59 Å². The summed E-state index contributed by atoms with van der Waals surface area (Å²) in [6.07, 6.45) is 3.17. The summed E-state index contributed by atoms with van der Waals surface area (Å²) in [4.78, 5) is 22.7. The zero-order chi connectivity index (χ0) is 15.3. The number of carboxylic acid groups (broad SMARTS) is 1. The summed E-state index contributed by atoms with van der Waals surface area (Å²) in [6.45, 7) is 1.33. The van der Waals surface area contributed by atoms with E-state index in [4.69, 9.17) is 9.84 Å². The van der Waals surface area contributed by atoms with Crippen molar-refractivity contribution >= 4 is 11.9 Å². The number of hydrogen-bond donors (Lipinski definition) is 1. The summed E-state index contributed by atoms with van der Waals surface area (Å²) in [7, 11) is 0. The molecule has 0 radical (unpaired) electrons. The molecule has 1 N–H and O–H groups in total. The highest BCUT2D eigenvalue weighted by molar-refractivity contribution is 5.93. The minimum absolute atomic E-state index is 0.658. The number of rotatable bonds is 3. The van der Waals surface area contributed by atoms with E-state index in [1.54, 1.807) is 0 Å². The number of aliphatic carboxylic acids is 1. The molecule has 0 aliphatic heterocycles. The smallest absolute Gasteiger partial charge is 0.321 e. The lowest BCUT2D eigenvalue weighted by atomic mass is 10.0. The third-order valence-electron chi connectivity index (χ3n) is 3.64. The standard InChI is InChI=1S/C17H18O4/c1-13(15(18)19)16(20)21-17(10-5-6-11-17)12-9-14-7-3-2-4-8-14/h2-4,7-8,13H,5-6,10-11H2,1H3,(H,18,19). The third kappa shape index (κ3) is 3.85. The van der Waals surface area contributed by atoms with Gasteiger partial charge in [-0.05, 0) is 50.7 Å². The molecule has 4 nitrogen and oxygen atoms in total. The normalized spacial score (nSPS) is 17.4. The molecule has 2 rings (SSSR count). The van der Waals surface area contributed by atoms with E-state index in [0.29, 0.717) is 12.8 Å². The molecular weight excluding hydrogens is 268 g/mol. The number of carbonyl (C=O) groups excluding carboxylic acids is 1. The fourth-order valence-electron chi connectivity index (χ4n) is 2.29. The van der Waals surface area contributed by atoms with Gasteiger partial charge in [0, 0.05) is 5.56 Å². The second-order valence-electron chi connectivity index (χ2n) is 5.30. The fraction of sp³-hybridized carbons (Fsp3) is 0.412. The second kappa shape index (κ2) is 6.45. The molecule has 1 unspecified atom stereocenters. The van der Waals surface area contributed by atoms with Gasteiger partial charge in [0.2, 0.25) is 0 Å². The molecule has 1 aliphatic rings. The maximum absolute atomic E-state index is 11.9. The van der Waals surface area contributed by atoms with Crippen molar-refractivity contribution in [1.82, 2.24) is 0 Å². The molecule has 21 heavy (non-hydrogen) atoms. The van der Waals surface area contributed by atoms with Gasteiger partial charge in [-0.2, -0.15) is 0 Å². The Hall–Kier alpha value is -2.28. The zero-order valence-electron chi connectivity index (χ0n) is 12.0. The predicted molar refractivity (Wildman–Crippen MR) is 77.4 cm³/mol. The first kappa shape index (κ1) is 15.1. The molecule has 0 heterocycles. The molecule has 1 saturated carbocycles. The molecule has 1 aliphatic carbocycles. The van der Waals surface area contributed by atoms with Gasteiger partial charge in [0.05, 0.1) is 0 Å². The summed E-state index contributed by atoms with van der Waals surface area (Å²) >= 11 is 0. The van der Waals surface area contributed by atoms with Crippen LogP contribution in [0.4, 0.5) is 0 Å². The van der Waals surface area contributed by atoms with Crippen LogP contribution in [0.15, 0.2) is 30.3 Å². The Morgan fingerprint density at radius 1 is 1.24 bits per heavy atom. The minimum atomic E-state index is -1.18. The van der Waals surface area contributed by atoms with E-state index in [0.717, 1.165) is 18.4 Å². The van der Waals surface area contributed by atoms with E-state index in [2.05, 4.69) is 11.8 Å². The number of hydrogen-bond acceptors (Lipinski definition) is 3. The first-order chi connectivity index (χ1) is 10.0. The van der Waals surface area contributed by atoms with Crippen LogP contribution in [-0.2, 0) is 14.3 Å². The number of carboxylic acids is 1. The van der Waals surface area contributed by atoms with Crippen molar-refractivity contribution in [1.29, 1.82) is 0 Å². The largest absolute Gasteiger partial charge is 0.481 e. The molecule has 1 aromatic carbocycles. The third-order valence-corrected chi connectivity index (χ3v) is 3.64. The lowest BCUT2D eigenvalue weighted by Crippen LogP contribution is -2.35. The zero-order valence-corrected chi connectivity index (χ0v) is 12.0. The first-order valence-corrected chi connectivity index (χ1v) is 7.06. The van der Waals surface area contributed by atoms with Gasteiger partial charge in [0.15, 0.2) is 11.5 Å². The lowest BCUT2D eigenvalue weighted by Gasteiger charge is -2.24. The van der Waals surface area contributed by atoms with Crippen LogP contribution in [0.5, 0.6) is 0 Å². The maximum atomic E-state index is 11.9. The Balaban J connectivity index is 2.16. The van der Waals surface area contributed by atoms with Crippen molar-refractivity contribution < 1.29 is 19.4 Å². The average molecular weight is 286 g/mol. The second-order valence-corrected chi connectivity index (χ2v) is 5.30. The number of ether oxygens (including phenoxy) is 1. The van der Waals surface area contributed by atoms with Crippen LogP contribution in [0.25, 0.3) is 0 Å². The molecule has 0 spiro atoms. The van der Waals surface area contributed by atoms with E-state index < -0.39 is 23.5 Å². The molecule has 1 fully saturated rings. The average Bonchev–Trinajstić information content (AvgIpc) is 2.94. The van der Waals surface area contributed by atoms with Crippen molar-refractivity contribution in [3.63, 3.8) is 0 Å². The quantitative estimate of drug-likeness (QED) is 0.527.